The van der Waals surface area contributed by atoms with Crippen molar-refractivity contribution in [3.05, 3.63) is 47.0 Å². The van der Waals surface area contributed by atoms with Gasteiger partial charge in [-0.1, -0.05) is 30.3 Å². The highest BCUT2D eigenvalue weighted by Gasteiger charge is 2.38. The second kappa shape index (κ2) is 9.65. The van der Waals surface area contributed by atoms with Gasteiger partial charge >= 0.3 is 12.1 Å². The van der Waals surface area contributed by atoms with Gasteiger partial charge in [-0.3, -0.25) is 9.69 Å². The summed E-state index contributed by atoms with van der Waals surface area (Å²) in [5.74, 6) is -2.64. The molecule has 0 spiro atoms. The van der Waals surface area contributed by atoms with E-state index in [0.717, 1.165) is 30.9 Å². The number of aromatic nitrogens is 1. The molecule has 0 bridgehead atoms. The Morgan fingerprint density at radius 2 is 1.96 bits per heavy atom. The molecule has 0 radical (unpaired) electrons. The van der Waals surface area contributed by atoms with Crippen molar-refractivity contribution in [2.24, 2.45) is 0 Å². The third kappa shape index (κ3) is 6.31. The van der Waals surface area contributed by atoms with E-state index >= 15 is 0 Å². The van der Waals surface area contributed by atoms with Crippen molar-refractivity contribution in [2.75, 3.05) is 18.5 Å². The Balaban J connectivity index is 0.000000345. The van der Waals surface area contributed by atoms with E-state index in [1.54, 1.807) is 16.2 Å². The van der Waals surface area contributed by atoms with Crippen LogP contribution in [0.1, 0.15) is 23.3 Å². The number of carboxylic acids is 1. The molecule has 1 atom stereocenters. The van der Waals surface area contributed by atoms with Crippen LogP contribution in [0.15, 0.2) is 36.5 Å². The molecule has 1 aromatic heterocycles. The molecule has 152 valence electrons. The highest BCUT2D eigenvalue weighted by atomic mass is 32.1. The fourth-order valence-electron chi connectivity index (χ4n) is 2.55. The van der Waals surface area contributed by atoms with E-state index in [2.05, 4.69) is 22.4 Å². The maximum atomic E-state index is 12.3. The predicted molar refractivity (Wildman–Crippen MR) is 99.5 cm³/mol. The van der Waals surface area contributed by atoms with E-state index in [0.29, 0.717) is 0 Å². The molecule has 28 heavy (non-hydrogen) atoms. The number of aliphatic carboxylic acids is 1. The van der Waals surface area contributed by atoms with Crippen molar-refractivity contribution in [1.82, 2.24) is 10.3 Å². The van der Waals surface area contributed by atoms with Gasteiger partial charge in [-0.25, -0.2) is 9.78 Å². The largest absolute Gasteiger partial charge is 0.490 e. The fraction of sp³-hybridized carbons (Fsp3) is 0.389. The summed E-state index contributed by atoms with van der Waals surface area (Å²) in [7, 11) is 1.81. The summed E-state index contributed by atoms with van der Waals surface area (Å²) in [5.41, 5.74) is 1.26. The van der Waals surface area contributed by atoms with Gasteiger partial charge in [0, 0.05) is 24.5 Å². The molecule has 1 fully saturated rings. The summed E-state index contributed by atoms with van der Waals surface area (Å²) in [6, 6.07) is 10.3. The minimum Gasteiger partial charge on any atom is -0.475 e. The molecule has 2 heterocycles. The molecule has 2 N–H and O–H groups in total. The minimum atomic E-state index is -5.08. The second-order valence-electron chi connectivity index (χ2n) is 6.12. The summed E-state index contributed by atoms with van der Waals surface area (Å²) in [6.07, 6.45) is -0.353. The summed E-state index contributed by atoms with van der Waals surface area (Å²) in [4.78, 5) is 28.5. The maximum absolute atomic E-state index is 12.3. The summed E-state index contributed by atoms with van der Waals surface area (Å²) in [6.45, 7) is 0.932. The van der Waals surface area contributed by atoms with E-state index in [-0.39, 0.29) is 11.9 Å². The van der Waals surface area contributed by atoms with Crippen LogP contribution in [0.2, 0.25) is 0 Å². The van der Waals surface area contributed by atoms with E-state index in [1.165, 1.54) is 10.4 Å². The number of carbonyl (C=O) groups excluding carboxylic acids is 1. The maximum Gasteiger partial charge on any atom is 0.490 e. The lowest BCUT2D eigenvalue weighted by molar-refractivity contribution is -0.192. The molecule has 1 aliphatic rings. The van der Waals surface area contributed by atoms with Gasteiger partial charge in [0.1, 0.15) is 0 Å². The van der Waals surface area contributed by atoms with Crippen molar-refractivity contribution in [2.45, 2.75) is 31.5 Å². The second-order valence-corrected chi connectivity index (χ2v) is 7.21. The van der Waals surface area contributed by atoms with Crippen molar-refractivity contribution in [3.63, 3.8) is 0 Å². The Labute approximate surface area is 164 Å². The number of anilines is 1. The van der Waals surface area contributed by atoms with Crippen LogP contribution >= 0.6 is 11.3 Å². The number of rotatable bonds is 4. The molecule has 1 aliphatic heterocycles. The number of amides is 1. The molecule has 10 heteroatoms. The Morgan fingerprint density at radius 3 is 2.50 bits per heavy atom. The normalized spacial score (nSPS) is 16.2. The molecule has 1 aromatic carbocycles. The lowest BCUT2D eigenvalue weighted by Crippen LogP contribution is -2.41. The minimum absolute atomic E-state index is 0.0449. The number of halogens is 3. The average Bonchev–Trinajstić information content (AvgIpc) is 3.33. The first-order valence-corrected chi connectivity index (χ1v) is 9.30. The zero-order chi connectivity index (χ0) is 20.7. The van der Waals surface area contributed by atoms with Gasteiger partial charge in [0.15, 0.2) is 5.13 Å². The summed E-state index contributed by atoms with van der Waals surface area (Å²) >= 11 is 1.59. The van der Waals surface area contributed by atoms with Gasteiger partial charge in [0.2, 0.25) is 5.91 Å². The van der Waals surface area contributed by atoms with Gasteiger partial charge in [-0.05, 0) is 24.9 Å². The number of nitrogens with one attached hydrogen (secondary N) is 1. The van der Waals surface area contributed by atoms with E-state index < -0.39 is 12.1 Å². The fourth-order valence-corrected chi connectivity index (χ4v) is 3.47. The molecule has 0 aliphatic carbocycles. The number of hydrogen-bond acceptors (Lipinski definition) is 5. The number of hydrogen-bond donors (Lipinski definition) is 2. The van der Waals surface area contributed by atoms with Crippen LogP contribution in [0.5, 0.6) is 0 Å². The Hall–Kier alpha value is -2.46. The van der Waals surface area contributed by atoms with Crippen LogP contribution in [0.3, 0.4) is 0 Å². The topological polar surface area (TPSA) is 82.5 Å². The monoisotopic (exact) mass is 415 g/mol. The number of benzene rings is 1. The Morgan fingerprint density at radius 1 is 1.32 bits per heavy atom. The zero-order valence-electron chi connectivity index (χ0n) is 15.1. The van der Waals surface area contributed by atoms with Gasteiger partial charge < -0.3 is 10.4 Å². The average molecular weight is 415 g/mol. The Bertz CT molecular complexity index is 790. The van der Waals surface area contributed by atoms with Gasteiger partial charge in [0.05, 0.1) is 6.04 Å². The van der Waals surface area contributed by atoms with Gasteiger partial charge in [-0.2, -0.15) is 13.2 Å². The van der Waals surface area contributed by atoms with Gasteiger partial charge in [-0.15, -0.1) is 11.3 Å². The van der Waals surface area contributed by atoms with Crippen molar-refractivity contribution in [1.29, 1.82) is 0 Å². The predicted octanol–water partition coefficient (Wildman–Crippen LogP) is 3.08. The Kier molecular flexibility index (Phi) is 7.53. The SMILES string of the molecule is CN(C(=O)[C@@H]1CCCN1)c1ncc(Cc2ccccc2)s1.O=C(O)C(F)(F)F. The van der Waals surface area contributed by atoms with Gasteiger partial charge in [0.25, 0.3) is 0 Å². The van der Waals surface area contributed by atoms with Crippen LogP contribution in [0.4, 0.5) is 18.3 Å². The molecule has 0 unspecified atom stereocenters. The molecular weight excluding hydrogens is 395 g/mol. The lowest BCUT2D eigenvalue weighted by atomic mass is 10.1. The molecule has 2 aromatic rings. The molecule has 6 nitrogen and oxygen atoms in total. The standard InChI is InChI=1S/C16H19N3OS.C2HF3O2/c1-19(15(20)14-8-5-9-17-14)16-18-11-13(21-16)10-12-6-3-2-4-7-12;3-2(4,5)1(6)7/h2-4,6-7,11,14,17H,5,8-10H2,1H3;(H,6,7)/t14-;/m0./s1. The quantitative estimate of drug-likeness (QED) is 0.802. The van der Waals surface area contributed by atoms with Crippen LogP contribution in [0.25, 0.3) is 0 Å². The lowest BCUT2D eigenvalue weighted by Gasteiger charge is -2.18. The highest BCUT2D eigenvalue weighted by molar-refractivity contribution is 7.15. The number of carboxylic acid groups (broad SMARTS) is 1. The van der Waals surface area contributed by atoms with Crippen LogP contribution in [-0.2, 0) is 16.0 Å². The first-order chi connectivity index (χ1) is 13.2. The number of alkyl halides is 3. The third-order valence-electron chi connectivity index (χ3n) is 3.98. The van der Waals surface area contributed by atoms with Crippen molar-refractivity contribution in [3.8, 4) is 0 Å². The molecular formula is C18H20F3N3O3S. The van der Waals surface area contributed by atoms with Crippen LogP contribution in [0, 0.1) is 0 Å². The molecule has 1 saturated heterocycles. The summed E-state index contributed by atoms with van der Waals surface area (Å²) < 4.78 is 31.7. The van der Waals surface area contributed by atoms with Crippen molar-refractivity contribution < 1.29 is 27.9 Å². The van der Waals surface area contributed by atoms with E-state index in [1.807, 2.05) is 31.4 Å². The highest BCUT2D eigenvalue weighted by Crippen LogP contribution is 2.25. The third-order valence-corrected chi connectivity index (χ3v) is 5.05. The molecule has 3 rings (SSSR count). The van der Waals surface area contributed by atoms with Crippen molar-refractivity contribution >= 4 is 28.3 Å². The number of nitrogens with zero attached hydrogens (tertiary/aromatic N) is 2. The van der Waals surface area contributed by atoms with Crippen LogP contribution < -0.4 is 10.2 Å². The first kappa shape index (κ1) is 21.8. The summed E-state index contributed by atoms with van der Waals surface area (Å²) in [5, 5.41) is 11.1. The number of thiazole rings is 1. The zero-order valence-corrected chi connectivity index (χ0v) is 15.9. The molecule has 0 saturated carbocycles. The van der Waals surface area contributed by atoms with E-state index in [9.17, 15) is 18.0 Å². The van der Waals surface area contributed by atoms with Crippen LogP contribution in [-0.4, -0.2) is 47.8 Å². The first-order valence-electron chi connectivity index (χ1n) is 8.48. The van der Waals surface area contributed by atoms with E-state index in [4.69, 9.17) is 9.90 Å². The molecule has 1 amide bonds. The number of carbonyl (C=O) groups is 2. The number of likely N-dealkylation sites (N-methyl/N-ethyl adjacent to an activating group) is 1. The smallest absolute Gasteiger partial charge is 0.475 e.